The normalized spacial score (nSPS) is 21.6. The molecule has 3 aromatic rings. The number of phenolic OH excluding ortho intramolecular Hbond substituents is 1. The van der Waals surface area contributed by atoms with Crippen LogP contribution in [0.2, 0.25) is 0 Å². The molecule has 4 rings (SSSR count). The SMILES string of the molecule is CCOc1cn(C2CC(C)(O)C2)c2nnc(-c3c(C)cc(C(F)(F)F)cc3O)cc12. The highest BCUT2D eigenvalue weighted by atomic mass is 19.4. The van der Waals surface area contributed by atoms with Crippen molar-refractivity contribution < 1.29 is 28.1 Å². The Labute approximate surface area is 170 Å². The Bertz CT molecular complexity index is 1090. The van der Waals surface area contributed by atoms with Gasteiger partial charge in [0.2, 0.25) is 0 Å². The number of aromatic hydroxyl groups is 1. The van der Waals surface area contributed by atoms with E-state index in [-0.39, 0.29) is 22.9 Å². The summed E-state index contributed by atoms with van der Waals surface area (Å²) in [4.78, 5) is 0. The number of aromatic nitrogens is 3. The fourth-order valence-corrected chi connectivity index (χ4v) is 4.10. The van der Waals surface area contributed by atoms with E-state index in [0.717, 1.165) is 6.07 Å². The molecule has 1 aliphatic rings. The molecule has 9 heteroatoms. The largest absolute Gasteiger partial charge is 0.507 e. The van der Waals surface area contributed by atoms with Crippen molar-refractivity contribution in [3.8, 4) is 22.8 Å². The zero-order chi connectivity index (χ0) is 21.8. The fraction of sp³-hybridized carbons (Fsp3) is 0.429. The number of phenols is 1. The van der Waals surface area contributed by atoms with Gasteiger partial charge in [0, 0.05) is 17.8 Å². The van der Waals surface area contributed by atoms with Gasteiger partial charge in [-0.1, -0.05) is 0 Å². The lowest BCUT2D eigenvalue weighted by Crippen LogP contribution is -2.41. The monoisotopic (exact) mass is 421 g/mol. The van der Waals surface area contributed by atoms with Gasteiger partial charge in [-0.3, -0.25) is 0 Å². The van der Waals surface area contributed by atoms with E-state index in [4.69, 9.17) is 4.74 Å². The third kappa shape index (κ3) is 3.47. The lowest BCUT2D eigenvalue weighted by Gasteiger charge is -2.41. The number of halogens is 3. The molecule has 0 bridgehead atoms. The highest BCUT2D eigenvalue weighted by Crippen LogP contribution is 2.45. The molecule has 2 aromatic heterocycles. The number of benzene rings is 1. The van der Waals surface area contributed by atoms with Gasteiger partial charge in [0.05, 0.1) is 28.9 Å². The van der Waals surface area contributed by atoms with Gasteiger partial charge in [0.25, 0.3) is 0 Å². The minimum absolute atomic E-state index is 0.0538. The van der Waals surface area contributed by atoms with Crippen LogP contribution in [0.15, 0.2) is 24.4 Å². The molecule has 1 aliphatic carbocycles. The van der Waals surface area contributed by atoms with Crippen LogP contribution in [0.5, 0.6) is 11.5 Å². The summed E-state index contributed by atoms with van der Waals surface area (Å²) in [6.07, 6.45) is -1.60. The van der Waals surface area contributed by atoms with Crippen LogP contribution in [0.4, 0.5) is 13.2 Å². The van der Waals surface area contributed by atoms with Gasteiger partial charge in [-0.2, -0.15) is 13.2 Å². The van der Waals surface area contributed by atoms with Gasteiger partial charge in [0.15, 0.2) is 5.65 Å². The number of fused-ring (bicyclic) bond motifs is 1. The highest BCUT2D eigenvalue weighted by molar-refractivity contribution is 5.88. The van der Waals surface area contributed by atoms with Gasteiger partial charge < -0.3 is 19.5 Å². The van der Waals surface area contributed by atoms with Crippen LogP contribution in [0.1, 0.15) is 43.9 Å². The summed E-state index contributed by atoms with van der Waals surface area (Å²) in [5, 5.41) is 29.5. The summed E-state index contributed by atoms with van der Waals surface area (Å²) >= 11 is 0. The van der Waals surface area contributed by atoms with Gasteiger partial charge in [-0.05, 0) is 57.4 Å². The second-order valence-corrected chi connectivity index (χ2v) is 8.04. The zero-order valence-corrected chi connectivity index (χ0v) is 16.8. The van der Waals surface area contributed by atoms with Crippen molar-refractivity contribution in [2.24, 2.45) is 0 Å². The van der Waals surface area contributed by atoms with E-state index in [2.05, 4.69) is 10.2 Å². The number of ether oxygens (including phenoxy) is 1. The molecule has 1 aromatic carbocycles. The molecule has 0 unspecified atom stereocenters. The summed E-state index contributed by atoms with van der Waals surface area (Å²) in [6.45, 7) is 5.53. The Kier molecular flexibility index (Phi) is 4.68. The summed E-state index contributed by atoms with van der Waals surface area (Å²) in [7, 11) is 0. The molecule has 160 valence electrons. The second kappa shape index (κ2) is 6.87. The van der Waals surface area contributed by atoms with Gasteiger partial charge >= 0.3 is 6.18 Å². The number of hydrogen-bond acceptors (Lipinski definition) is 5. The lowest BCUT2D eigenvalue weighted by atomic mass is 9.77. The maximum atomic E-state index is 13.0. The van der Waals surface area contributed by atoms with E-state index < -0.39 is 23.1 Å². The third-order valence-corrected chi connectivity index (χ3v) is 5.48. The van der Waals surface area contributed by atoms with Crippen molar-refractivity contribution in [2.45, 2.75) is 51.4 Å². The Morgan fingerprint density at radius 2 is 1.93 bits per heavy atom. The minimum atomic E-state index is -4.56. The number of rotatable bonds is 4. The molecule has 1 fully saturated rings. The molecule has 0 saturated heterocycles. The standard InChI is InChI=1S/C21H22F3N3O3/c1-4-30-17-10-27(13-8-20(3,29)9-13)19-14(17)7-15(25-26-19)18-11(2)5-12(6-16(18)28)21(22,23)24/h5-7,10,13,28-29H,4,8-9H2,1-3H3. The smallest absolute Gasteiger partial charge is 0.416 e. The van der Waals surface area contributed by atoms with E-state index in [9.17, 15) is 23.4 Å². The first kappa shape index (κ1) is 20.5. The Morgan fingerprint density at radius 1 is 1.23 bits per heavy atom. The van der Waals surface area contributed by atoms with Crippen LogP contribution in [0.3, 0.4) is 0 Å². The molecule has 0 atom stereocenters. The Balaban J connectivity index is 1.81. The fourth-order valence-electron chi connectivity index (χ4n) is 4.10. The average Bonchev–Trinajstić information content (AvgIpc) is 2.96. The first-order valence-electron chi connectivity index (χ1n) is 9.65. The molecular formula is C21H22F3N3O3. The second-order valence-electron chi connectivity index (χ2n) is 8.04. The Morgan fingerprint density at radius 3 is 2.50 bits per heavy atom. The first-order valence-corrected chi connectivity index (χ1v) is 9.65. The molecule has 2 N–H and O–H groups in total. The molecular weight excluding hydrogens is 399 g/mol. The number of aryl methyl sites for hydroxylation is 1. The van der Waals surface area contributed by atoms with Crippen molar-refractivity contribution in [1.82, 2.24) is 14.8 Å². The van der Waals surface area contributed by atoms with Crippen molar-refractivity contribution >= 4 is 11.0 Å². The van der Waals surface area contributed by atoms with Crippen molar-refractivity contribution in [3.63, 3.8) is 0 Å². The molecule has 0 aliphatic heterocycles. The zero-order valence-electron chi connectivity index (χ0n) is 16.8. The molecule has 2 heterocycles. The molecule has 6 nitrogen and oxygen atoms in total. The van der Waals surface area contributed by atoms with Crippen LogP contribution < -0.4 is 4.74 Å². The molecule has 1 saturated carbocycles. The van der Waals surface area contributed by atoms with Crippen LogP contribution in [0, 0.1) is 6.92 Å². The molecule has 30 heavy (non-hydrogen) atoms. The molecule has 0 amide bonds. The number of hydrogen-bond donors (Lipinski definition) is 2. The summed E-state index contributed by atoms with van der Waals surface area (Å²) in [5.74, 6) is 0.0580. The van der Waals surface area contributed by atoms with E-state index in [1.165, 1.54) is 6.92 Å². The first-order chi connectivity index (χ1) is 14.0. The van der Waals surface area contributed by atoms with Gasteiger partial charge in [-0.15, -0.1) is 10.2 Å². The lowest BCUT2D eigenvalue weighted by molar-refractivity contribution is -0.137. The van der Waals surface area contributed by atoms with Crippen LogP contribution >= 0.6 is 0 Å². The summed E-state index contributed by atoms with van der Waals surface area (Å²) in [5.41, 5.74) is -0.392. The number of alkyl halides is 3. The predicted octanol–water partition coefficient (Wildman–Crippen LogP) is 4.62. The van der Waals surface area contributed by atoms with E-state index in [1.807, 2.05) is 17.7 Å². The van der Waals surface area contributed by atoms with E-state index in [1.54, 1.807) is 13.0 Å². The van der Waals surface area contributed by atoms with Crippen LogP contribution in [-0.4, -0.2) is 37.2 Å². The van der Waals surface area contributed by atoms with Crippen molar-refractivity contribution in [3.05, 3.63) is 35.5 Å². The minimum Gasteiger partial charge on any atom is -0.507 e. The van der Waals surface area contributed by atoms with Crippen LogP contribution in [0.25, 0.3) is 22.3 Å². The quantitative estimate of drug-likeness (QED) is 0.643. The molecule has 0 radical (unpaired) electrons. The maximum absolute atomic E-state index is 13.0. The van der Waals surface area contributed by atoms with Crippen LogP contribution in [-0.2, 0) is 6.18 Å². The average molecular weight is 421 g/mol. The third-order valence-electron chi connectivity index (χ3n) is 5.48. The maximum Gasteiger partial charge on any atom is 0.416 e. The highest BCUT2D eigenvalue weighted by Gasteiger charge is 2.40. The van der Waals surface area contributed by atoms with Gasteiger partial charge in [-0.25, -0.2) is 0 Å². The summed E-state index contributed by atoms with van der Waals surface area (Å²) < 4.78 is 46.7. The van der Waals surface area contributed by atoms with Crippen molar-refractivity contribution in [2.75, 3.05) is 6.61 Å². The van der Waals surface area contributed by atoms with Gasteiger partial charge in [0.1, 0.15) is 11.5 Å². The number of nitrogens with zero attached hydrogens (tertiary/aromatic N) is 3. The topological polar surface area (TPSA) is 80.4 Å². The Hall–Kier alpha value is -2.81. The predicted molar refractivity (Wildman–Crippen MR) is 104 cm³/mol. The van der Waals surface area contributed by atoms with Crippen molar-refractivity contribution in [1.29, 1.82) is 0 Å². The van der Waals surface area contributed by atoms with E-state index in [0.29, 0.717) is 42.3 Å². The molecule has 0 spiro atoms. The van der Waals surface area contributed by atoms with E-state index >= 15 is 0 Å². The number of aliphatic hydroxyl groups is 1. The summed E-state index contributed by atoms with van der Waals surface area (Å²) in [6, 6.07) is 3.39.